The molecule has 0 bridgehead atoms. The van der Waals surface area contributed by atoms with Crippen LogP contribution in [0.5, 0.6) is 5.75 Å². The lowest BCUT2D eigenvalue weighted by Crippen LogP contribution is -2.39. The molecule has 1 aliphatic carbocycles. The van der Waals surface area contributed by atoms with E-state index in [1.165, 1.54) is 25.7 Å². The highest BCUT2D eigenvalue weighted by molar-refractivity contribution is 7.92. The summed E-state index contributed by atoms with van der Waals surface area (Å²) >= 11 is 5.97. The molecule has 0 spiro atoms. The molecule has 0 unspecified atom stereocenters. The van der Waals surface area contributed by atoms with E-state index in [-0.39, 0.29) is 4.90 Å². The van der Waals surface area contributed by atoms with Gasteiger partial charge in [-0.15, -0.1) is 0 Å². The Morgan fingerprint density at radius 2 is 1.59 bits per heavy atom. The smallest absolute Gasteiger partial charge is 0.264 e. The maximum Gasteiger partial charge on any atom is 0.264 e. The molecule has 2 aromatic carbocycles. The van der Waals surface area contributed by atoms with Crippen molar-refractivity contribution in [3.8, 4) is 5.75 Å². The van der Waals surface area contributed by atoms with Gasteiger partial charge in [-0.3, -0.25) is 9.10 Å². The summed E-state index contributed by atoms with van der Waals surface area (Å²) in [6, 6.07) is 12.3. The van der Waals surface area contributed by atoms with Crippen LogP contribution in [0.1, 0.15) is 44.9 Å². The van der Waals surface area contributed by atoms with Crippen LogP contribution in [0.2, 0.25) is 5.02 Å². The van der Waals surface area contributed by atoms with Crippen molar-refractivity contribution in [2.45, 2.75) is 49.8 Å². The molecule has 1 saturated carbocycles. The van der Waals surface area contributed by atoms with Crippen molar-refractivity contribution < 1.29 is 17.9 Å². The molecule has 0 atom stereocenters. The Balaban J connectivity index is 1.82. The zero-order chi connectivity index (χ0) is 23.0. The van der Waals surface area contributed by atoms with Crippen LogP contribution >= 0.6 is 11.6 Å². The molecule has 3 rings (SSSR count). The zero-order valence-corrected chi connectivity index (χ0v) is 19.7. The molecule has 0 aliphatic heterocycles. The lowest BCUT2D eigenvalue weighted by molar-refractivity contribution is -0.119. The van der Waals surface area contributed by atoms with E-state index in [2.05, 4.69) is 10.5 Å². The van der Waals surface area contributed by atoms with Gasteiger partial charge >= 0.3 is 0 Å². The predicted octanol–water partition coefficient (Wildman–Crippen LogP) is 4.76. The largest absolute Gasteiger partial charge is 0.497 e. The summed E-state index contributed by atoms with van der Waals surface area (Å²) in [4.78, 5) is 12.7. The number of ether oxygens (including phenoxy) is 1. The Morgan fingerprint density at radius 3 is 2.19 bits per heavy atom. The minimum atomic E-state index is -4.02. The summed E-state index contributed by atoms with van der Waals surface area (Å²) in [6.45, 7) is -0.410. The number of methoxy groups -OCH3 is 1. The minimum absolute atomic E-state index is 0.0485. The summed E-state index contributed by atoms with van der Waals surface area (Å²) in [5.74, 6) is 0.0290. The van der Waals surface area contributed by atoms with Crippen molar-refractivity contribution in [2.75, 3.05) is 18.0 Å². The zero-order valence-electron chi connectivity index (χ0n) is 18.1. The lowest BCUT2D eigenvalue weighted by atomic mass is 9.99. The highest BCUT2D eigenvalue weighted by atomic mass is 35.5. The molecule has 0 heterocycles. The number of hydrogen-bond acceptors (Lipinski definition) is 5. The molecular formula is C23H28ClN3O4S. The first-order valence-corrected chi connectivity index (χ1v) is 12.5. The van der Waals surface area contributed by atoms with E-state index in [0.717, 1.165) is 48.5 Å². The fourth-order valence-corrected chi connectivity index (χ4v) is 5.08. The second-order valence-electron chi connectivity index (χ2n) is 7.64. The van der Waals surface area contributed by atoms with Gasteiger partial charge in [0.2, 0.25) is 0 Å². The van der Waals surface area contributed by atoms with E-state index in [1.54, 1.807) is 36.4 Å². The summed E-state index contributed by atoms with van der Waals surface area (Å²) < 4.78 is 32.9. The second-order valence-corrected chi connectivity index (χ2v) is 9.94. The molecule has 1 aliphatic rings. The van der Waals surface area contributed by atoms with E-state index < -0.39 is 22.5 Å². The Bertz CT molecular complexity index is 1030. The van der Waals surface area contributed by atoms with E-state index in [9.17, 15) is 13.2 Å². The van der Waals surface area contributed by atoms with E-state index in [0.29, 0.717) is 16.5 Å². The van der Waals surface area contributed by atoms with Crippen LogP contribution in [-0.4, -0.2) is 33.7 Å². The molecule has 9 heteroatoms. The van der Waals surface area contributed by atoms with E-state index in [1.807, 2.05) is 0 Å². The van der Waals surface area contributed by atoms with Crippen molar-refractivity contribution in [3.63, 3.8) is 0 Å². The van der Waals surface area contributed by atoms with Crippen LogP contribution in [0.15, 0.2) is 58.5 Å². The summed E-state index contributed by atoms with van der Waals surface area (Å²) in [5.41, 5.74) is 3.84. The Hall–Kier alpha value is -2.58. The van der Waals surface area contributed by atoms with E-state index in [4.69, 9.17) is 16.3 Å². The maximum atomic E-state index is 13.4. The Kier molecular flexibility index (Phi) is 8.53. The lowest BCUT2D eigenvalue weighted by Gasteiger charge is -2.24. The number of nitrogens with one attached hydrogen (secondary N) is 1. The number of rotatable bonds is 7. The fourth-order valence-electron chi connectivity index (χ4n) is 3.53. The summed E-state index contributed by atoms with van der Waals surface area (Å²) in [7, 11) is -2.51. The normalized spacial score (nSPS) is 14.8. The third-order valence-corrected chi connectivity index (χ3v) is 7.36. The molecule has 2 aromatic rings. The van der Waals surface area contributed by atoms with Crippen molar-refractivity contribution >= 4 is 38.9 Å². The van der Waals surface area contributed by atoms with Crippen LogP contribution in [0.4, 0.5) is 5.69 Å². The highest BCUT2D eigenvalue weighted by Gasteiger charge is 2.27. The van der Waals surface area contributed by atoms with Gasteiger partial charge in [-0.05, 0) is 74.2 Å². The molecule has 0 saturated heterocycles. The first-order valence-electron chi connectivity index (χ1n) is 10.7. The van der Waals surface area contributed by atoms with Gasteiger partial charge in [0.25, 0.3) is 15.9 Å². The Labute approximate surface area is 194 Å². The van der Waals surface area contributed by atoms with Crippen molar-refractivity contribution in [1.29, 1.82) is 0 Å². The van der Waals surface area contributed by atoms with Gasteiger partial charge in [0.1, 0.15) is 12.3 Å². The molecule has 1 amide bonds. The number of hydrazone groups is 1. The molecule has 1 N–H and O–H groups in total. The number of anilines is 1. The molecular weight excluding hydrogens is 450 g/mol. The van der Waals surface area contributed by atoms with Crippen molar-refractivity contribution in [1.82, 2.24) is 5.43 Å². The first-order chi connectivity index (χ1) is 15.4. The number of nitrogens with zero attached hydrogens (tertiary/aromatic N) is 2. The number of amides is 1. The van der Waals surface area contributed by atoms with Gasteiger partial charge in [0, 0.05) is 10.7 Å². The standard InChI is InChI=1S/C23H28ClN3O4S/c1-31-21-13-15-22(16-14-21)32(29,30)27(20-11-9-18(24)10-12-20)17-23(28)26-25-19-7-5-3-2-4-6-8-19/h9-16H,2-8,17H2,1H3,(H,26,28). The average Bonchev–Trinajstić information content (AvgIpc) is 2.77. The number of carbonyl (C=O) groups excluding carboxylic acids is 1. The quantitative estimate of drug-likeness (QED) is 0.582. The first kappa shape index (κ1) is 24.1. The highest BCUT2D eigenvalue weighted by Crippen LogP contribution is 2.26. The predicted molar refractivity (Wildman–Crippen MR) is 127 cm³/mol. The topological polar surface area (TPSA) is 88.1 Å². The maximum absolute atomic E-state index is 13.4. The molecule has 0 aromatic heterocycles. The number of halogens is 1. The molecule has 32 heavy (non-hydrogen) atoms. The average molecular weight is 478 g/mol. The molecule has 1 fully saturated rings. The van der Waals surface area contributed by atoms with Gasteiger partial charge in [-0.25, -0.2) is 13.8 Å². The van der Waals surface area contributed by atoms with Gasteiger partial charge in [-0.1, -0.05) is 30.9 Å². The fraction of sp³-hybridized carbons (Fsp3) is 0.391. The van der Waals surface area contributed by atoms with Crippen molar-refractivity contribution in [3.05, 3.63) is 53.6 Å². The second kappa shape index (κ2) is 11.3. The van der Waals surface area contributed by atoms with Crippen molar-refractivity contribution in [2.24, 2.45) is 5.10 Å². The van der Waals surface area contributed by atoms with Gasteiger partial charge in [0.05, 0.1) is 17.7 Å². The Morgan fingerprint density at radius 1 is 1.00 bits per heavy atom. The number of carbonyl (C=O) groups is 1. The van der Waals surface area contributed by atoms with Crippen LogP contribution in [0.25, 0.3) is 0 Å². The van der Waals surface area contributed by atoms with Crippen LogP contribution in [0, 0.1) is 0 Å². The number of benzene rings is 2. The third kappa shape index (κ3) is 6.46. The van der Waals surface area contributed by atoms with Gasteiger partial charge < -0.3 is 4.74 Å². The molecule has 0 radical (unpaired) electrons. The summed E-state index contributed by atoms with van der Waals surface area (Å²) in [5, 5.41) is 4.75. The van der Waals surface area contributed by atoms with Gasteiger partial charge in [-0.2, -0.15) is 5.10 Å². The minimum Gasteiger partial charge on any atom is -0.497 e. The molecule has 172 valence electrons. The van der Waals surface area contributed by atoms with Crippen LogP contribution < -0.4 is 14.5 Å². The van der Waals surface area contributed by atoms with Crippen LogP contribution in [0.3, 0.4) is 0 Å². The SMILES string of the molecule is COc1ccc(S(=O)(=O)N(CC(=O)NN=C2CCCCCCC2)c2ccc(Cl)cc2)cc1. The molecule has 7 nitrogen and oxygen atoms in total. The third-order valence-electron chi connectivity index (χ3n) is 5.32. The van der Waals surface area contributed by atoms with Gasteiger partial charge in [0.15, 0.2) is 0 Å². The van der Waals surface area contributed by atoms with Crippen LogP contribution in [-0.2, 0) is 14.8 Å². The summed E-state index contributed by atoms with van der Waals surface area (Å²) in [6.07, 6.45) is 7.37. The number of hydrogen-bond donors (Lipinski definition) is 1. The monoisotopic (exact) mass is 477 g/mol. The number of sulfonamides is 1. The van der Waals surface area contributed by atoms with E-state index >= 15 is 0 Å².